The number of nitriles is 1. The van der Waals surface area contributed by atoms with Crippen molar-refractivity contribution in [1.82, 2.24) is 14.3 Å². The van der Waals surface area contributed by atoms with Crippen molar-refractivity contribution in [3.63, 3.8) is 0 Å². The molecule has 3 aromatic rings. The fourth-order valence-electron chi connectivity index (χ4n) is 3.99. The van der Waals surface area contributed by atoms with E-state index < -0.39 is 10.0 Å². The molecule has 0 aliphatic carbocycles. The van der Waals surface area contributed by atoms with E-state index >= 15 is 0 Å². The van der Waals surface area contributed by atoms with Crippen LogP contribution in [0.25, 0.3) is 0 Å². The summed E-state index contributed by atoms with van der Waals surface area (Å²) in [4.78, 5) is 9.43. The molecule has 1 unspecified atom stereocenters. The molecule has 7 nitrogen and oxygen atoms in total. The minimum Gasteiger partial charge on any atom is -0.364 e. The molecular formula is C22H24ClN5O2S. The maximum absolute atomic E-state index is 12.7. The Morgan fingerprint density at radius 3 is 2.68 bits per heavy atom. The standard InChI is InChI=1S/C22H23N5O2S.ClH/c1-30(28,29)27(13-17-5-3-2-4-6-17)21-10-19-9-18(11-23)7-8-22(19)26(15-21)14-20-12-24-16-25-20;/h2-9,12,16,21H,10,13-15H2,1H3,(H,24,25);1H. The third-order valence-electron chi connectivity index (χ3n) is 5.36. The van der Waals surface area contributed by atoms with Gasteiger partial charge < -0.3 is 9.88 Å². The van der Waals surface area contributed by atoms with Crippen LogP contribution in [0.4, 0.5) is 5.69 Å². The molecule has 0 saturated carbocycles. The van der Waals surface area contributed by atoms with Crippen molar-refractivity contribution in [2.75, 3.05) is 17.7 Å². The van der Waals surface area contributed by atoms with E-state index in [1.165, 1.54) is 6.26 Å². The minimum atomic E-state index is -3.45. The summed E-state index contributed by atoms with van der Waals surface area (Å²) in [5.74, 6) is 0. The second kappa shape index (κ2) is 9.52. The average molecular weight is 458 g/mol. The van der Waals surface area contributed by atoms with Gasteiger partial charge in [-0.15, -0.1) is 12.4 Å². The van der Waals surface area contributed by atoms with Gasteiger partial charge in [-0.3, -0.25) is 0 Å². The zero-order chi connectivity index (χ0) is 21.1. The number of imidazole rings is 1. The average Bonchev–Trinajstić information content (AvgIpc) is 3.24. The number of benzene rings is 2. The molecule has 0 fully saturated rings. The molecule has 9 heteroatoms. The first kappa shape index (κ1) is 22.8. The van der Waals surface area contributed by atoms with Crippen molar-refractivity contribution in [2.45, 2.75) is 25.6 Å². The highest BCUT2D eigenvalue weighted by atomic mass is 35.5. The maximum Gasteiger partial charge on any atom is 0.211 e. The first-order valence-corrected chi connectivity index (χ1v) is 11.6. The van der Waals surface area contributed by atoms with Crippen molar-refractivity contribution in [1.29, 1.82) is 5.26 Å². The van der Waals surface area contributed by atoms with Gasteiger partial charge in [0.25, 0.3) is 0 Å². The van der Waals surface area contributed by atoms with Crippen LogP contribution in [0, 0.1) is 11.3 Å². The lowest BCUT2D eigenvalue weighted by Gasteiger charge is -2.40. The molecule has 2 aromatic carbocycles. The van der Waals surface area contributed by atoms with E-state index in [4.69, 9.17) is 0 Å². The Balaban J connectivity index is 0.00000272. The van der Waals surface area contributed by atoms with Gasteiger partial charge in [-0.1, -0.05) is 30.3 Å². The van der Waals surface area contributed by atoms with Crippen LogP contribution in [0.5, 0.6) is 0 Å². The van der Waals surface area contributed by atoms with E-state index in [9.17, 15) is 13.7 Å². The monoisotopic (exact) mass is 457 g/mol. The number of hydrogen-bond acceptors (Lipinski definition) is 5. The van der Waals surface area contributed by atoms with E-state index in [2.05, 4.69) is 20.9 Å². The Bertz CT molecular complexity index is 1160. The molecule has 162 valence electrons. The summed E-state index contributed by atoms with van der Waals surface area (Å²) in [6.45, 7) is 1.42. The van der Waals surface area contributed by atoms with Gasteiger partial charge in [0.1, 0.15) is 0 Å². The summed E-state index contributed by atoms with van der Waals surface area (Å²) in [5, 5.41) is 9.33. The number of nitrogens with one attached hydrogen (secondary N) is 1. The van der Waals surface area contributed by atoms with Crippen molar-refractivity contribution in [2.24, 2.45) is 0 Å². The van der Waals surface area contributed by atoms with Crippen LogP contribution in [0.1, 0.15) is 22.4 Å². The van der Waals surface area contributed by atoms with Gasteiger partial charge in [0.15, 0.2) is 0 Å². The molecule has 31 heavy (non-hydrogen) atoms. The normalized spacial score (nSPS) is 15.8. The number of halogens is 1. The zero-order valence-electron chi connectivity index (χ0n) is 17.1. The highest BCUT2D eigenvalue weighted by molar-refractivity contribution is 7.88. The van der Waals surface area contributed by atoms with Crippen LogP contribution in [-0.4, -0.2) is 41.5 Å². The van der Waals surface area contributed by atoms with Crippen LogP contribution >= 0.6 is 12.4 Å². The molecular weight excluding hydrogens is 434 g/mol. The summed E-state index contributed by atoms with van der Waals surface area (Å²) in [6, 6.07) is 17.2. The predicted molar refractivity (Wildman–Crippen MR) is 122 cm³/mol. The van der Waals surface area contributed by atoms with Crippen LogP contribution in [0.3, 0.4) is 0 Å². The highest BCUT2D eigenvalue weighted by Gasteiger charge is 2.33. The summed E-state index contributed by atoms with van der Waals surface area (Å²) in [6.07, 6.45) is 5.29. The smallest absolute Gasteiger partial charge is 0.211 e. The van der Waals surface area contributed by atoms with E-state index in [0.717, 1.165) is 22.5 Å². The molecule has 0 amide bonds. The number of aromatic nitrogens is 2. The fourth-order valence-corrected chi connectivity index (χ4v) is 5.06. The molecule has 1 aliphatic heterocycles. The Morgan fingerprint density at radius 2 is 2.03 bits per heavy atom. The van der Waals surface area contributed by atoms with E-state index in [-0.39, 0.29) is 18.4 Å². The number of hydrogen-bond donors (Lipinski definition) is 1. The molecule has 4 rings (SSSR count). The summed E-state index contributed by atoms with van der Waals surface area (Å²) < 4.78 is 27.0. The summed E-state index contributed by atoms with van der Waals surface area (Å²) >= 11 is 0. The molecule has 0 radical (unpaired) electrons. The summed E-state index contributed by atoms with van der Waals surface area (Å²) in [5.41, 5.74) is 4.38. The number of anilines is 1. The Hall–Kier alpha value is -2.86. The molecule has 1 aliphatic rings. The number of sulfonamides is 1. The van der Waals surface area contributed by atoms with Gasteiger partial charge in [-0.05, 0) is 35.7 Å². The fraction of sp³-hybridized carbons (Fsp3) is 0.273. The number of aromatic amines is 1. The second-order valence-corrected chi connectivity index (χ2v) is 9.48. The molecule has 2 heterocycles. The zero-order valence-corrected chi connectivity index (χ0v) is 18.7. The molecule has 1 aromatic heterocycles. The second-order valence-electron chi connectivity index (χ2n) is 7.55. The van der Waals surface area contributed by atoms with Crippen molar-refractivity contribution < 1.29 is 8.42 Å². The van der Waals surface area contributed by atoms with Crippen molar-refractivity contribution in [3.8, 4) is 6.07 Å². The number of H-pyrrole nitrogens is 1. The maximum atomic E-state index is 12.7. The Kier molecular flexibility index (Phi) is 7.01. The van der Waals surface area contributed by atoms with Gasteiger partial charge in [-0.25, -0.2) is 13.4 Å². The van der Waals surface area contributed by atoms with Crippen molar-refractivity contribution in [3.05, 3.63) is 83.4 Å². The highest BCUT2D eigenvalue weighted by Crippen LogP contribution is 2.32. The van der Waals surface area contributed by atoms with Gasteiger partial charge >= 0.3 is 0 Å². The summed E-state index contributed by atoms with van der Waals surface area (Å²) in [7, 11) is -3.45. The van der Waals surface area contributed by atoms with Crippen molar-refractivity contribution >= 4 is 28.1 Å². The molecule has 0 saturated heterocycles. The SMILES string of the molecule is CS(=O)(=O)N(Cc1ccccc1)C1Cc2cc(C#N)ccc2N(Cc2c[nH]cn2)C1.Cl. The third kappa shape index (κ3) is 5.25. The van der Waals surface area contributed by atoms with E-state index in [1.54, 1.807) is 16.7 Å². The van der Waals surface area contributed by atoms with Gasteiger partial charge in [0, 0.05) is 31.0 Å². The van der Waals surface area contributed by atoms with Gasteiger partial charge in [0.05, 0.1) is 36.5 Å². The van der Waals surface area contributed by atoms with E-state index in [1.807, 2.05) is 48.7 Å². The lowest BCUT2D eigenvalue weighted by atomic mass is 9.95. The topological polar surface area (TPSA) is 93.1 Å². The van der Waals surface area contributed by atoms with Crippen LogP contribution < -0.4 is 4.90 Å². The Morgan fingerprint density at radius 1 is 1.26 bits per heavy atom. The Labute approximate surface area is 188 Å². The number of rotatable bonds is 6. The predicted octanol–water partition coefficient (Wildman–Crippen LogP) is 3.10. The van der Waals surface area contributed by atoms with Gasteiger partial charge in [-0.2, -0.15) is 9.57 Å². The molecule has 1 N–H and O–H groups in total. The first-order valence-electron chi connectivity index (χ1n) is 9.70. The number of nitrogens with zero attached hydrogens (tertiary/aromatic N) is 4. The van der Waals surface area contributed by atoms with Crippen LogP contribution in [0.15, 0.2) is 61.1 Å². The largest absolute Gasteiger partial charge is 0.364 e. The van der Waals surface area contributed by atoms with E-state index in [0.29, 0.717) is 31.6 Å². The number of fused-ring (bicyclic) bond motifs is 1. The lowest BCUT2D eigenvalue weighted by molar-refractivity contribution is 0.305. The molecule has 0 spiro atoms. The van der Waals surface area contributed by atoms with Crippen LogP contribution in [0.2, 0.25) is 0 Å². The minimum absolute atomic E-state index is 0. The third-order valence-corrected chi connectivity index (χ3v) is 6.64. The van der Waals surface area contributed by atoms with Gasteiger partial charge in [0.2, 0.25) is 10.0 Å². The van der Waals surface area contributed by atoms with Crippen LogP contribution in [-0.2, 0) is 29.5 Å². The first-order chi connectivity index (χ1) is 14.4. The lowest BCUT2D eigenvalue weighted by Crippen LogP contribution is -2.50. The molecule has 0 bridgehead atoms. The quantitative estimate of drug-likeness (QED) is 0.613. The molecule has 1 atom stereocenters.